The third-order valence-corrected chi connectivity index (χ3v) is 3.52. The summed E-state index contributed by atoms with van der Waals surface area (Å²) >= 11 is 0. The highest BCUT2D eigenvalue weighted by Crippen LogP contribution is 2.06. The lowest BCUT2D eigenvalue weighted by Crippen LogP contribution is -2.32. The highest BCUT2D eigenvalue weighted by Gasteiger charge is 2.16. The normalized spacial score (nSPS) is 11.7. The van der Waals surface area contributed by atoms with Gasteiger partial charge in [-0.15, -0.1) is 0 Å². The van der Waals surface area contributed by atoms with Gasteiger partial charge in [0.2, 0.25) is 0 Å². The van der Waals surface area contributed by atoms with Crippen LogP contribution in [0.5, 0.6) is 0 Å². The Morgan fingerprint density at radius 1 is 1.33 bits per heavy atom. The molecule has 0 bridgehead atoms. The number of benzene rings is 1. The molecule has 0 aliphatic carbocycles. The van der Waals surface area contributed by atoms with Gasteiger partial charge in [-0.3, -0.25) is 14.5 Å². The van der Waals surface area contributed by atoms with E-state index in [9.17, 15) is 14.4 Å². The molecule has 0 unspecified atom stereocenters. The number of aryl methyl sites for hydroxylation is 1. The van der Waals surface area contributed by atoms with E-state index in [0.29, 0.717) is 11.0 Å². The summed E-state index contributed by atoms with van der Waals surface area (Å²) in [5.74, 6) is -0.865. The molecule has 7 nitrogen and oxygen atoms in total. The molecule has 0 aliphatic rings. The van der Waals surface area contributed by atoms with Gasteiger partial charge in [0, 0.05) is 19.8 Å². The maximum atomic E-state index is 12.9. The van der Waals surface area contributed by atoms with Gasteiger partial charge in [0.25, 0.3) is 5.91 Å². The third kappa shape index (κ3) is 2.94. The fraction of sp³-hybridized carbons (Fsp3) is 0.125. The quantitative estimate of drug-likeness (QED) is 0.561. The van der Waals surface area contributed by atoms with Crippen molar-refractivity contribution in [3.05, 3.63) is 65.0 Å². The average Bonchev–Trinajstić information content (AvgIpc) is 2.61. The fourth-order valence-corrected chi connectivity index (χ4v) is 2.32. The number of amides is 1. The second kappa shape index (κ2) is 6.45. The van der Waals surface area contributed by atoms with Crippen molar-refractivity contribution in [2.75, 3.05) is 0 Å². The lowest BCUT2D eigenvalue weighted by Gasteiger charge is -2.09. The minimum Gasteiger partial charge on any atom is -0.410 e. The molecule has 0 fully saturated rings. The molecule has 0 radical (unpaired) electrons. The van der Waals surface area contributed by atoms with Crippen LogP contribution in [0.25, 0.3) is 11.0 Å². The topological polar surface area (TPSA) is 92.4 Å². The van der Waals surface area contributed by atoms with Crippen molar-refractivity contribution in [1.29, 1.82) is 0 Å². The number of pyridine rings is 1. The number of rotatable bonds is 3. The number of hydrogen-bond acceptors (Lipinski definition) is 5. The van der Waals surface area contributed by atoms with Crippen molar-refractivity contribution < 1.29 is 14.4 Å². The van der Waals surface area contributed by atoms with Gasteiger partial charge < -0.3 is 10.5 Å². The van der Waals surface area contributed by atoms with Crippen LogP contribution in [0.3, 0.4) is 0 Å². The van der Waals surface area contributed by atoms with E-state index in [4.69, 9.17) is 0 Å². The average molecular weight is 327 g/mol. The Morgan fingerprint density at radius 2 is 2.08 bits per heavy atom. The zero-order chi connectivity index (χ0) is 17.1. The van der Waals surface area contributed by atoms with Crippen molar-refractivity contribution in [1.82, 2.24) is 20.1 Å². The highest BCUT2D eigenvalue weighted by atomic mass is 19.1. The molecule has 122 valence electrons. The summed E-state index contributed by atoms with van der Waals surface area (Å²) in [7, 11) is 1.67. The number of fused-ring (bicyclic) bond motifs is 1. The molecule has 8 heteroatoms. The largest absolute Gasteiger partial charge is 0.410 e. The van der Waals surface area contributed by atoms with Crippen LogP contribution in [0.2, 0.25) is 0 Å². The van der Waals surface area contributed by atoms with Crippen molar-refractivity contribution in [3.63, 3.8) is 0 Å². The summed E-state index contributed by atoms with van der Waals surface area (Å²) in [4.78, 5) is 16.5. The van der Waals surface area contributed by atoms with E-state index >= 15 is 0 Å². The van der Waals surface area contributed by atoms with Crippen molar-refractivity contribution in [3.8, 4) is 0 Å². The number of nitrogens with zero attached hydrogens (tertiary/aromatic N) is 4. The van der Waals surface area contributed by atoms with Crippen LogP contribution in [-0.2, 0) is 13.6 Å². The lowest BCUT2D eigenvalue weighted by atomic mass is 10.2. The van der Waals surface area contributed by atoms with Crippen molar-refractivity contribution in [2.45, 2.75) is 6.54 Å². The molecular formula is C16H14FN5O2. The van der Waals surface area contributed by atoms with Gasteiger partial charge in [-0.2, -0.15) is 5.10 Å². The van der Waals surface area contributed by atoms with E-state index in [0.717, 1.165) is 5.56 Å². The van der Waals surface area contributed by atoms with Crippen LogP contribution in [0.1, 0.15) is 16.1 Å². The van der Waals surface area contributed by atoms with Crippen LogP contribution in [0.4, 0.5) is 4.39 Å². The van der Waals surface area contributed by atoms with E-state index in [2.05, 4.69) is 20.6 Å². The Labute approximate surface area is 136 Å². The van der Waals surface area contributed by atoms with Crippen LogP contribution in [-0.4, -0.2) is 25.9 Å². The number of carbonyl (C=O) groups excluding carboxylic acids is 1. The monoisotopic (exact) mass is 327 g/mol. The van der Waals surface area contributed by atoms with E-state index in [-0.39, 0.29) is 23.4 Å². The Hall–Kier alpha value is -3.29. The van der Waals surface area contributed by atoms with Gasteiger partial charge in [-0.1, -0.05) is 17.3 Å². The van der Waals surface area contributed by atoms with E-state index in [1.165, 1.54) is 23.0 Å². The van der Waals surface area contributed by atoms with E-state index < -0.39 is 5.91 Å². The first-order valence-corrected chi connectivity index (χ1v) is 7.13. The number of carbonyl (C=O) groups is 1. The molecule has 0 saturated heterocycles. The second-order valence-corrected chi connectivity index (χ2v) is 5.10. The molecule has 2 aromatic heterocycles. The molecule has 3 aromatic rings. The Balaban J connectivity index is 1.93. The standard InChI is InChI=1S/C16H14FN5O2/c1-22-12-3-2-8-18-13(12)14(21-24)15(20-22)16(23)19-9-10-4-6-11(17)7-5-10/h2-8,24H,9H2,1H3,(H,19,23). The van der Waals surface area contributed by atoms with Gasteiger partial charge in [0.1, 0.15) is 11.3 Å². The summed E-state index contributed by atoms with van der Waals surface area (Å²) in [6, 6.07) is 9.25. The lowest BCUT2D eigenvalue weighted by molar-refractivity contribution is 0.0941. The van der Waals surface area contributed by atoms with E-state index in [1.54, 1.807) is 31.3 Å². The van der Waals surface area contributed by atoms with Gasteiger partial charge >= 0.3 is 0 Å². The molecule has 3 rings (SSSR count). The smallest absolute Gasteiger partial charge is 0.274 e. The number of nitrogens with one attached hydrogen (secondary N) is 1. The first-order valence-electron chi connectivity index (χ1n) is 7.13. The summed E-state index contributed by atoms with van der Waals surface area (Å²) in [6.45, 7) is 0.190. The van der Waals surface area contributed by atoms with Crippen molar-refractivity contribution >= 4 is 16.9 Å². The van der Waals surface area contributed by atoms with Gasteiger partial charge in [0.05, 0.1) is 5.52 Å². The highest BCUT2D eigenvalue weighted by molar-refractivity contribution is 5.94. The Bertz CT molecular complexity index is 966. The number of aromatic nitrogens is 3. The summed E-state index contributed by atoms with van der Waals surface area (Å²) in [6.07, 6.45) is 1.54. The molecule has 0 atom stereocenters. The predicted octanol–water partition coefficient (Wildman–Crippen LogP) is 1.33. The first kappa shape index (κ1) is 15.6. The second-order valence-electron chi connectivity index (χ2n) is 5.10. The summed E-state index contributed by atoms with van der Waals surface area (Å²) in [5.41, 5.74) is 1.67. The van der Waals surface area contributed by atoms with Crippen LogP contribution in [0.15, 0.2) is 47.8 Å². The molecule has 1 amide bonds. The molecular weight excluding hydrogens is 313 g/mol. The molecule has 0 saturated carbocycles. The summed E-state index contributed by atoms with van der Waals surface area (Å²) < 4.78 is 14.4. The first-order chi connectivity index (χ1) is 11.6. The maximum Gasteiger partial charge on any atom is 0.274 e. The minimum atomic E-state index is -0.518. The van der Waals surface area contributed by atoms with Gasteiger partial charge in [0.15, 0.2) is 11.1 Å². The Morgan fingerprint density at radius 3 is 2.79 bits per heavy atom. The van der Waals surface area contributed by atoms with Gasteiger partial charge in [-0.25, -0.2) is 4.39 Å². The van der Waals surface area contributed by atoms with Crippen LogP contribution >= 0.6 is 0 Å². The SMILES string of the molecule is Cn1nc(C(=O)NCc2ccc(F)cc2)c(=NO)c2ncccc21. The predicted molar refractivity (Wildman–Crippen MR) is 83.4 cm³/mol. The zero-order valence-corrected chi connectivity index (χ0v) is 12.8. The Kier molecular flexibility index (Phi) is 4.19. The summed E-state index contributed by atoms with van der Waals surface area (Å²) in [5, 5.41) is 19.3. The fourth-order valence-electron chi connectivity index (χ4n) is 2.32. The molecule has 0 spiro atoms. The van der Waals surface area contributed by atoms with E-state index in [1.807, 2.05) is 0 Å². The van der Waals surface area contributed by atoms with Crippen molar-refractivity contribution in [2.24, 2.45) is 12.2 Å². The molecule has 2 heterocycles. The van der Waals surface area contributed by atoms with Gasteiger partial charge in [-0.05, 0) is 29.8 Å². The molecule has 1 aromatic carbocycles. The molecule has 24 heavy (non-hydrogen) atoms. The minimum absolute atomic E-state index is 0.000283. The van der Waals surface area contributed by atoms with Crippen LogP contribution < -0.4 is 10.7 Å². The molecule has 2 N–H and O–H groups in total. The number of hydrogen-bond donors (Lipinski definition) is 2. The van der Waals surface area contributed by atoms with Crippen LogP contribution in [0, 0.1) is 5.82 Å². The number of halogens is 1. The zero-order valence-electron chi connectivity index (χ0n) is 12.8. The molecule has 0 aliphatic heterocycles. The third-order valence-electron chi connectivity index (χ3n) is 3.52. The maximum absolute atomic E-state index is 12.9.